The van der Waals surface area contributed by atoms with Gasteiger partial charge in [0.25, 0.3) is 11.6 Å². The number of nitro groups is 1. The average molecular weight is 388 g/mol. The summed E-state index contributed by atoms with van der Waals surface area (Å²) < 4.78 is 10.7. The number of nitrogens with zero attached hydrogens (tertiary/aromatic N) is 1. The number of aromatic carboxylic acids is 1. The molecule has 2 aromatic carbocycles. The maximum Gasteiger partial charge on any atom is 0.335 e. The molecule has 2 N–H and O–H groups in total. The Hall–Kier alpha value is -3.62. The number of hydrogen-bond donors (Lipinski definition) is 2. The van der Waals surface area contributed by atoms with E-state index in [1.54, 1.807) is 13.8 Å². The number of anilines is 1. The van der Waals surface area contributed by atoms with Crippen molar-refractivity contribution in [1.29, 1.82) is 0 Å². The summed E-state index contributed by atoms with van der Waals surface area (Å²) in [5.74, 6) is -1.36. The number of nitrogens with one attached hydrogen (secondary N) is 1. The summed E-state index contributed by atoms with van der Waals surface area (Å²) in [6, 6.07) is 6.57. The number of methoxy groups -OCH3 is 1. The van der Waals surface area contributed by atoms with Crippen LogP contribution in [0.2, 0.25) is 0 Å². The van der Waals surface area contributed by atoms with E-state index in [2.05, 4.69) is 5.32 Å². The van der Waals surface area contributed by atoms with Crippen molar-refractivity contribution >= 4 is 23.3 Å². The van der Waals surface area contributed by atoms with Crippen molar-refractivity contribution in [1.82, 2.24) is 0 Å². The number of benzene rings is 2. The standard InChI is InChI=1S/C19H20N2O7/c1-10(2)28-16-6-5-12(19(23)24)7-14(16)20-18(22)13-8-15(21(25)26)11(3)17(9-13)27-4/h5-10H,1-4H3,(H,20,22)(H,23,24). The molecule has 0 radical (unpaired) electrons. The molecule has 0 heterocycles. The van der Waals surface area contributed by atoms with Gasteiger partial charge in [-0.1, -0.05) is 0 Å². The quantitative estimate of drug-likeness (QED) is 0.547. The third kappa shape index (κ3) is 4.56. The molecule has 0 fully saturated rings. The third-order valence-corrected chi connectivity index (χ3v) is 3.85. The largest absolute Gasteiger partial charge is 0.496 e. The lowest BCUT2D eigenvalue weighted by atomic mass is 10.1. The smallest absolute Gasteiger partial charge is 0.335 e. The Labute approximate surface area is 161 Å². The first-order valence-electron chi connectivity index (χ1n) is 8.32. The Morgan fingerprint density at radius 3 is 2.36 bits per heavy atom. The molecule has 9 nitrogen and oxygen atoms in total. The molecule has 0 aliphatic rings. The highest BCUT2D eigenvalue weighted by Crippen LogP contribution is 2.31. The summed E-state index contributed by atoms with van der Waals surface area (Å²) in [6.45, 7) is 5.08. The normalized spacial score (nSPS) is 10.5. The molecule has 0 aliphatic heterocycles. The fourth-order valence-electron chi connectivity index (χ4n) is 2.52. The minimum Gasteiger partial charge on any atom is -0.496 e. The monoisotopic (exact) mass is 388 g/mol. The number of nitro benzene ring substituents is 1. The lowest BCUT2D eigenvalue weighted by molar-refractivity contribution is -0.385. The first-order valence-corrected chi connectivity index (χ1v) is 8.32. The molecule has 0 unspecified atom stereocenters. The molecule has 0 spiro atoms. The maximum absolute atomic E-state index is 12.7. The van der Waals surface area contributed by atoms with E-state index in [1.165, 1.54) is 38.3 Å². The predicted molar refractivity (Wildman–Crippen MR) is 102 cm³/mol. The number of ether oxygens (including phenoxy) is 2. The Morgan fingerprint density at radius 1 is 1.14 bits per heavy atom. The zero-order chi connectivity index (χ0) is 21.0. The molecule has 0 aliphatic carbocycles. The van der Waals surface area contributed by atoms with Crippen LogP contribution in [0.5, 0.6) is 11.5 Å². The fourth-order valence-corrected chi connectivity index (χ4v) is 2.52. The summed E-state index contributed by atoms with van der Waals surface area (Å²) in [5, 5.41) is 23.0. The van der Waals surface area contributed by atoms with Crippen LogP contribution in [0.25, 0.3) is 0 Å². The van der Waals surface area contributed by atoms with Crippen LogP contribution in [0, 0.1) is 17.0 Å². The highest BCUT2D eigenvalue weighted by molar-refractivity contribution is 6.06. The summed E-state index contributed by atoms with van der Waals surface area (Å²) >= 11 is 0. The van der Waals surface area contributed by atoms with E-state index >= 15 is 0 Å². The van der Waals surface area contributed by atoms with Crippen molar-refractivity contribution in [2.45, 2.75) is 26.9 Å². The second-order valence-electron chi connectivity index (χ2n) is 6.22. The van der Waals surface area contributed by atoms with Gasteiger partial charge in [-0.2, -0.15) is 0 Å². The zero-order valence-corrected chi connectivity index (χ0v) is 15.8. The van der Waals surface area contributed by atoms with Crippen LogP contribution in [0.15, 0.2) is 30.3 Å². The number of carbonyl (C=O) groups is 2. The number of hydrogen-bond acceptors (Lipinski definition) is 6. The lowest BCUT2D eigenvalue weighted by Gasteiger charge is -2.16. The molecule has 0 aromatic heterocycles. The third-order valence-electron chi connectivity index (χ3n) is 3.85. The second kappa shape index (κ2) is 8.38. The van der Waals surface area contributed by atoms with Gasteiger partial charge in [0.15, 0.2) is 0 Å². The summed E-state index contributed by atoms with van der Waals surface area (Å²) in [5.41, 5.74) is 0.119. The molecular weight excluding hydrogens is 368 g/mol. The minimum absolute atomic E-state index is 0.00891. The van der Waals surface area contributed by atoms with Crippen molar-refractivity contribution in [3.8, 4) is 11.5 Å². The number of carbonyl (C=O) groups excluding carboxylic acids is 1. The van der Waals surface area contributed by atoms with Gasteiger partial charge in [-0.3, -0.25) is 14.9 Å². The predicted octanol–water partition coefficient (Wildman–Crippen LogP) is 3.65. The SMILES string of the molecule is COc1cc(C(=O)Nc2cc(C(=O)O)ccc2OC(C)C)cc([N+](=O)[O-])c1C. The minimum atomic E-state index is -1.17. The number of rotatable bonds is 7. The van der Waals surface area contributed by atoms with E-state index in [-0.39, 0.29) is 40.1 Å². The summed E-state index contributed by atoms with van der Waals surface area (Å²) in [7, 11) is 1.35. The van der Waals surface area contributed by atoms with Gasteiger partial charge in [-0.25, -0.2) is 4.79 Å². The van der Waals surface area contributed by atoms with Gasteiger partial charge >= 0.3 is 5.97 Å². The molecule has 2 rings (SSSR count). The molecule has 0 bridgehead atoms. The van der Waals surface area contributed by atoms with E-state index in [1.807, 2.05) is 0 Å². The van der Waals surface area contributed by atoms with E-state index in [4.69, 9.17) is 9.47 Å². The molecule has 0 atom stereocenters. The first kappa shape index (κ1) is 20.7. The van der Waals surface area contributed by atoms with Crippen molar-refractivity contribution in [2.24, 2.45) is 0 Å². The topological polar surface area (TPSA) is 128 Å². The first-order chi connectivity index (χ1) is 13.1. The molecular formula is C19H20N2O7. The fraction of sp³-hybridized carbons (Fsp3) is 0.263. The zero-order valence-electron chi connectivity index (χ0n) is 15.8. The Bertz CT molecular complexity index is 938. The van der Waals surface area contributed by atoms with Crippen LogP contribution in [0.4, 0.5) is 11.4 Å². The highest BCUT2D eigenvalue weighted by atomic mass is 16.6. The second-order valence-corrected chi connectivity index (χ2v) is 6.22. The number of amides is 1. The van der Waals surface area contributed by atoms with Crippen LogP contribution >= 0.6 is 0 Å². The van der Waals surface area contributed by atoms with Crippen LogP contribution in [0.1, 0.15) is 40.1 Å². The van der Waals surface area contributed by atoms with Crippen LogP contribution in [0.3, 0.4) is 0 Å². The summed E-state index contributed by atoms with van der Waals surface area (Å²) in [6.07, 6.45) is -0.216. The van der Waals surface area contributed by atoms with E-state index in [0.29, 0.717) is 5.56 Å². The maximum atomic E-state index is 12.7. The lowest BCUT2D eigenvalue weighted by Crippen LogP contribution is -2.16. The molecule has 0 saturated heterocycles. The number of carboxylic acids is 1. The van der Waals surface area contributed by atoms with E-state index in [9.17, 15) is 24.8 Å². The summed E-state index contributed by atoms with van der Waals surface area (Å²) in [4.78, 5) is 34.6. The van der Waals surface area contributed by atoms with Crippen molar-refractivity contribution in [2.75, 3.05) is 12.4 Å². The van der Waals surface area contributed by atoms with Crippen LogP contribution in [-0.2, 0) is 0 Å². The highest BCUT2D eigenvalue weighted by Gasteiger charge is 2.21. The van der Waals surface area contributed by atoms with Crippen molar-refractivity contribution in [3.05, 3.63) is 57.1 Å². The van der Waals surface area contributed by atoms with Gasteiger partial charge in [0.2, 0.25) is 0 Å². The van der Waals surface area contributed by atoms with Gasteiger partial charge in [-0.05, 0) is 45.0 Å². The Morgan fingerprint density at radius 2 is 1.82 bits per heavy atom. The van der Waals surface area contributed by atoms with Gasteiger partial charge < -0.3 is 19.9 Å². The number of carboxylic acid groups (broad SMARTS) is 1. The molecule has 2 aromatic rings. The van der Waals surface area contributed by atoms with Gasteiger partial charge in [0, 0.05) is 6.07 Å². The van der Waals surface area contributed by atoms with Crippen molar-refractivity contribution in [3.63, 3.8) is 0 Å². The van der Waals surface area contributed by atoms with Gasteiger partial charge in [0.1, 0.15) is 11.5 Å². The molecule has 0 saturated carbocycles. The van der Waals surface area contributed by atoms with Gasteiger partial charge in [-0.15, -0.1) is 0 Å². The van der Waals surface area contributed by atoms with Crippen LogP contribution < -0.4 is 14.8 Å². The molecule has 148 valence electrons. The van der Waals surface area contributed by atoms with E-state index in [0.717, 1.165) is 6.07 Å². The molecule has 1 amide bonds. The van der Waals surface area contributed by atoms with Crippen LogP contribution in [-0.4, -0.2) is 35.1 Å². The Kier molecular flexibility index (Phi) is 6.19. The average Bonchev–Trinajstić information content (AvgIpc) is 2.62. The Balaban J connectivity index is 2.46. The van der Waals surface area contributed by atoms with Crippen molar-refractivity contribution < 1.29 is 29.1 Å². The molecule has 28 heavy (non-hydrogen) atoms. The van der Waals surface area contributed by atoms with E-state index < -0.39 is 16.8 Å². The van der Waals surface area contributed by atoms with Gasteiger partial charge in [0.05, 0.1) is 40.5 Å². The molecule has 9 heteroatoms.